The van der Waals surface area contributed by atoms with Gasteiger partial charge in [0.15, 0.2) is 12.2 Å². The van der Waals surface area contributed by atoms with Crippen molar-refractivity contribution < 1.29 is 80.2 Å². The summed E-state index contributed by atoms with van der Waals surface area (Å²) in [5, 5.41) is 10.7. The first kappa shape index (κ1) is 108. The van der Waals surface area contributed by atoms with Gasteiger partial charge in [-0.1, -0.05) is 440 Å². The third kappa shape index (κ3) is 84.0. The first-order valence-electron chi connectivity index (χ1n) is 47.0. The monoisotopic (exact) mass is 1610 g/mol. The molecule has 0 bridgehead atoms. The molecule has 5 atom stereocenters. The Morgan fingerprint density at radius 2 is 0.418 bits per heavy atom. The first-order valence-corrected chi connectivity index (χ1v) is 50.0. The second kappa shape index (κ2) is 82.2. The summed E-state index contributed by atoms with van der Waals surface area (Å²) in [5.74, 6) is -0.459. The minimum Gasteiger partial charge on any atom is -0.462 e. The summed E-state index contributed by atoms with van der Waals surface area (Å²) < 4.78 is 68.9. The predicted octanol–water partition coefficient (Wildman–Crippen LogP) is 28.2. The fraction of sp³-hybridized carbons (Fsp3) is 0.956. The van der Waals surface area contributed by atoms with Gasteiger partial charge in [0, 0.05) is 25.7 Å². The Labute approximate surface area is 677 Å². The average molecular weight is 1610 g/mol. The van der Waals surface area contributed by atoms with Gasteiger partial charge in [0.05, 0.1) is 26.4 Å². The van der Waals surface area contributed by atoms with Gasteiger partial charge in [0.25, 0.3) is 0 Å². The molecule has 3 N–H and O–H groups in total. The van der Waals surface area contributed by atoms with Gasteiger partial charge < -0.3 is 33.8 Å². The number of phosphoric ester groups is 2. The normalized spacial score (nSPS) is 13.7. The van der Waals surface area contributed by atoms with Crippen LogP contribution in [-0.4, -0.2) is 96.7 Å². The molecule has 0 spiro atoms. The van der Waals surface area contributed by atoms with Crippen LogP contribution in [0.2, 0.25) is 0 Å². The van der Waals surface area contributed by atoms with Gasteiger partial charge in [-0.2, -0.15) is 0 Å². The van der Waals surface area contributed by atoms with Crippen LogP contribution < -0.4 is 0 Å². The number of phosphoric acid groups is 2. The van der Waals surface area contributed by atoms with Crippen LogP contribution >= 0.6 is 15.6 Å². The molecule has 110 heavy (non-hydrogen) atoms. The van der Waals surface area contributed by atoms with E-state index in [4.69, 9.17) is 37.0 Å². The molecular weight excluding hydrogens is 1430 g/mol. The Hall–Kier alpha value is -1.94. The van der Waals surface area contributed by atoms with E-state index in [2.05, 4.69) is 41.5 Å². The molecule has 19 heteroatoms. The number of carbonyl (C=O) groups excluding carboxylic acids is 4. The number of carbonyl (C=O) groups is 4. The van der Waals surface area contributed by atoms with Gasteiger partial charge in [-0.15, -0.1) is 0 Å². The maximum absolute atomic E-state index is 13.2. The van der Waals surface area contributed by atoms with Gasteiger partial charge >= 0.3 is 39.5 Å². The van der Waals surface area contributed by atoms with Crippen LogP contribution in [0.4, 0.5) is 0 Å². The molecule has 0 amide bonds. The number of unbranched alkanes of at least 4 members (excludes halogenated alkanes) is 60. The van der Waals surface area contributed by atoms with Crippen molar-refractivity contribution in [1.29, 1.82) is 0 Å². The quantitative estimate of drug-likeness (QED) is 0.0222. The molecular formula is C91H178O17P2. The van der Waals surface area contributed by atoms with Crippen LogP contribution in [0, 0.1) is 11.8 Å². The maximum Gasteiger partial charge on any atom is 0.472 e. The Morgan fingerprint density at radius 1 is 0.245 bits per heavy atom. The summed E-state index contributed by atoms with van der Waals surface area (Å²) >= 11 is 0. The van der Waals surface area contributed by atoms with Crippen molar-refractivity contribution in [3.63, 3.8) is 0 Å². The van der Waals surface area contributed by atoms with E-state index in [0.29, 0.717) is 25.7 Å². The first-order chi connectivity index (χ1) is 53.4. The molecule has 0 aromatic carbocycles. The molecule has 0 heterocycles. The minimum absolute atomic E-state index is 0.109. The van der Waals surface area contributed by atoms with Gasteiger partial charge in [-0.05, 0) is 37.5 Å². The number of rotatable bonds is 90. The highest BCUT2D eigenvalue weighted by molar-refractivity contribution is 7.47. The highest BCUT2D eigenvalue weighted by Crippen LogP contribution is 2.45. The van der Waals surface area contributed by atoms with E-state index in [1.54, 1.807) is 0 Å². The Bertz CT molecular complexity index is 2100. The van der Waals surface area contributed by atoms with Crippen molar-refractivity contribution in [1.82, 2.24) is 0 Å². The Morgan fingerprint density at radius 3 is 0.618 bits per heavy atom. The number of ether oxygens (including phenoxy) is 4. The number of esters is 4. The molecule has 0 aliphatic rings. The second-order valence-corrected chi connectivity index (χ2v) is 36.6. The molecule has 0 aliphatic heterocycles. The summed E-state index contributed by atoms with van der Waals surface area (Å²) in [6, 6.07) is 0. The fourth-order valence-corrected chi connectivity index (χ4v) is 15.9. The van der Waals surface area contributed by atoms with Crippen LogP contribution in [0.5, 0.6) is 0 Å². The lowest BCUT2D eigenvalue weighted by atomic mass is 10.0. The van der Waals surface area contributed by atoms with E-state index in [1.165, 1.54) is 295 Å². The van der Waals surface area contributed by atoms with Crippen molar-refractivity contribution in [2.75, 3.05) is 39.6 Å². The van der Waals surface area contributed by atoms with E-state index in [9.17, 15) is 43.2 Å². The third-order valence-electron chi connectivity index (χ3n) is 21.5. The van der Waals surface area contributed by atoms with Crippen molar-refractivity contribution in [3.8, 4) is 0 Å². The molecule has 0 aliphatic carbocycles. The molecule has 0 fully saturated rings. The highest BCUT2D eigenvalue weighted by Gasteiger charge is 2.31. The molecule has 0 aromatic heterocycles. The van der Waals surface area contributed by atoms with Crippen LogP contribution in [0.3, 0.4) is 0 Å². The van der Waals surface area contributed by atoms with Crippen molar-refractivity contribution >= 4 is 39.5 Å². The fourth-order valence-electron chi connectivity index (χ4n) is 14.3. The van der Waals surface area contributed by atoms with Gasteiger partial charge in [0.1, 0.15) is 19.3 Å². The molecule has 0 aromatic rings. The number of hydrogen-bond acceptors (Lipinski definition) is 15. The number of hydrogen-bond donors (Lipinski definition) is 3. The SMILES string of the molecule is CCCCCCCCCCCCCCCCCCCCCCCC(=O)O[C@H](COC(=O)CCCCCCCCC)COP(=O)(O)OC[C@H](O)COP(=O)(O)OC[C@@H](COC(=O)CCCCCCCCCCCCCCCCCCCCC(C)C)OC(=O)CCCCCCCCCCCCCCCCCCCCC(C)C. The molecule has 0 radical (unpaired) electrons. The van der Waals surface area contributed by atoms with Crippen molar-refractivity contribution in [2.24, 2.45) is 11.8 Å². The summed E-state index contributed by atoms with van der Waals surface area (Å²) in [6.45, 7) is 9.73. The molecule has 654 valence electrons. The van der Waals surface area contributed by atoms with E-state index in [0.717, 1.165) is 115 Å². The van der Waals surface area contributed by atoms with E-state index in [-0.39, 0.29) is 25.7 Å². The zero-order valence-corrected chi connectivity index (χ0v) is 74.4. The lowest BCUT2D eigenvalue weighted by molar-refractivity contribution is -0.161. The molecule has 17 nitrogen and oxygen atoms in total. The van der Waals surface area contributed by atoms with Gasteiger partial charge in [0.2, 0.25) is 0 Å². The number of aliphatic hydroxyl groups is 1. The topological polar surface area (TPSA) is 237 Å². The zero-order chi connectivity index (χ0) is 80.6. The molecule has 2 unspecified atom stereocenters. The zero-order valence-electron chi connectivity index (χ0n) is 72.6. The Balaban J connectivity index is 5.13. The lowest BCUT2D eigenvalue weighted by Gasteiger charge is -2.21. The number of aliphatic hydroxyl groups excluding tert-OH is 1. The van der Waals surface area contributed by atoms with E-state index in [1.807, 2.05) is 0 Å². The highest BCUT2D eigenvalue weighted by atomic mass is 31.2. The molecule has 0 saturated heterocycles. The summed E-state index contributed by atoms with van der Waals surface area (Å²) in [6.07, 6.45) is 76.8. The predicted molar refractivity (Wildman–Crippen MR) is 455 cm³/mol. The van der Waals surface area contributed by atoms with Crippen molar-refractivity contribution in [2.45, 2.75) is 509 Å². The van der Waals surface area contributed by atoms with Crippen LogP contribution in [-0.2, 0) is 65.4 Å². The molecule has 0 saturated carbocycles. The largest absolute Gasteiger partial charge is 0.472 e. The van der Waals surface area contributed by atoms with E-state index < -0.39 is 97.5 Å². The average Bonchev–Trinajstić information content (AvgIpc) is 0.899. The van der Waals surface area contributed by atoms with Crippen LogP contribution in [0.15, 0.2) is 0 Å². The second-order valence-electron chi connectivity index (χ2n) is 33.6. The van der Waals surface area contributed by atoms with Crippen molar-refractivity contribution in [3.05, 3.63) is 0 Å². The smallest absolute Gasteiger partial charge is 0.462 e. The lowest BCUT2D eigenvalue weighted by Crippen LogP contribution is -2.30. The molecule has 0 rings (SSSR count). The summed E-state index contributed by atoms with van der Waals surface area (Å²) in [7, 11) is -9.93. The summed E-state index contributed by atoms with van der Waals surface area (Å²) in [4.78, 5) is 73.2. The van der Waals surface area contributed by atoms with E-state index >= 15 is 0 Å². The van der Waals surface area contributed by atoms with Crippen LogP contribution in [0.25, 0.3) is 0 Å². The van der Waals surface area contributed by atoms with Crippen LogP contribution in [0.1, 0.15) is 491 Å². The maximum atomic E-state index is 13.2. The summed E-state index contributed by atoms with van der Waals surface area (Å²) in [5.41, 5.74) is 0. The minimum atomic E-state index is -4.97. The van der Waals surface area contributed by atoms with Gasteiger partial charge in [-0.25, -0.2) is 9.13 Å². The third-order valence-corrected chi connectivity index (χ3v) is 23.4. The standard InChI is InChI=1S/C91H178O17P2/c1-7-9-11-13-15-16-17-18-19-20-21-22-23-31-36-41-46-51-57-63-69-75-90(95)107-86(79-101-88(93)73-67-61-53-14-12-10-8-2)81-105-109(97,98)103-77-85(92)78-104-110(99,100)106-82-87(108-91(96)76-70-64-58-52-47-42-37-32-27-25-29-34-39-44-49-55-60-66-72-84(5)6)80-102-89(94)74-68-62-56-50-45-40-35-30-26-24-28-33-38-43-48-54-59-65-71-83(3)4/h83-87,92H,7-82H2,1-6H3,(H,97,98)(H,99,100)/t85-,86+,87+/m0/s1. The van der Waals surface area contributed by atoms with Gasteiger partial charge in [-0.3, -0.25) is 37.3 Å². The Kier molecular flexibility index (Phi) is 80.7.